The van der Waals surface area contributed by atoms with Crippen molar-refractivity contribution >= 4 is 38.1 Å². The molecule has 0 bridgehead atoms. The smallest absolute Gasteiger partial charge is 0.253 e. The Hall–Kier alpha value is -1.92. The van der Waals surface area contributed by atoms with E-state index in [9.17, 15) is 13.2 Å². The van der Waals surface area contributed by atoms with E-state index in [1.165, 1.54) is 12.3 Å². The van der Waals surface area contributed by atoms with Gasteiger partial charge in [0.05, 0.1) is 17.4 Å². The Morgan fingerprint density at radius 3 is 2.67 bits per heavy atom. The van der Waals surface area contributed by atoms with Gasteiger partial charge in [0.15, 0.2) is 9.84 Å². The van der Waals surface area contributed by atoms with Gasteiger partial charge in [0.1, 0.15) is 5.15 Å². The molecule has 1 amide bonds. The average Bonchev–Trinajstić information content (AvgIpc) is 2.78. The fraction of sp³-hybridized carbons (Fsp3) is 0.143. The van der Waals surface area contributed by atoms with Crippen LogP contribution < -0.4 is 5.32 Å². The van der Waals surface area contributed by atoms with Crippen LogP contribution in [0, 0.1) is 0 Å². The summed E-state index contributed by atoms with van der Waals surface area (Å²) in [7, 11) is -3.20. The molecular weight excluding hydrogens is 312 g/mol. The summed E-state index contributed by atoms with van der Waals surface area (Å²) in [4.78, 5) is 16.3. The molecule has 0 radical (unpaired) electrons. The van der Waals surface area contributed by atoms with Crippen molar-refractivity contribution in [3.8, 4) is 0 Å². The first-order chi connectivity index (χ1) is 9.96. The quantitative estimate of drug-likeness (QED) is 0.857. The van der Waals surface area contributed by atoms with Gasteiger partial charge in [0.25, 0.3) is 5.91 Å². The summed E-state index contributed by atoms with van der Waals surface area (Å²) < 4.78 is 22.7. The van der Waals surface area contributed by atoms with E-state index in [-0.39, 0.29) is 11.7 Å². The van der Waals surface area contributed by atoms with Gasteiger partial charge in [-0.1, -0.05) is 35.9 Å². The summed E-state index contributed by atoms with van der Waals surface area (Å²) >= 11 is 6.01. The van der Waals surface area contributed by atoms with Gasteiger partial charge in [0.2, 0.25) is 0 Å². The van der Waals surface area contributed by atoms with Crippen molar-refractivity contribution in [3.63, 3.8) is 0 Å². The highest BCUT2D eigenvalue weighted by Crippen LogP contribution is 2.24. The van der Waals surface area contributed by atoms with Gasteiger partial charge >= 0.3 is 0 Å². The van der Waals surface area contributed by atoms with E-state index in [4.69, 9.17) is 11.6 Å². The van der Waals surface area contributed by atoms with Gasteiger partial charge in [-0.05, 0) is 11.5 Å². The SMILES string of the molecule is O=C(NC1C=CS(=O)(=O)C1)c1cnc(Cl)c2ccccc12. The largest absolute Gasteiger partial charge is 0.345 e. The van der Waals surface area contributed by atoms with E-state index in [0.717, 1.165) is 5.41 Å². The standard InChI is InChI=1S/C14H11ClN2O3S/c15-13-11-4-2-1-3-10(11)12(7-16-13)14(18)17-9-5-6-21(19,20)8-9/h1-7,9H,8H2,(H,17,18). The third-order valence-corrected chi connectivity index (χ3v) is 4.93. The van der Waals surface area contributed by atoms with E-state index in [2.05, 4.69) is 10.3 Å². The maximum atomic E-state index is 12.3. The number of carbonyl (C=O) groups is 1. The predicted octanol–water partition coefficient (Wildman–Crippen LogP) is 1.93. The number of hydrogen-bond donors (Lipinski definition) is 1. The van der Waals surface area contributed by atoms with Crippen LogP contribution in [-0.4, -0.2) is 31.1 Å². The molecule has 2 aromatic rings. The minimum Gasteiger partial charge on any atom is -0.345 e. The molecule has 1 aromatic heterocycles. The van der Waals surface area contributed by atoms with E-state index in [0.29, 0.717) is 21.5 Å². The zero-order valence-electron chi connectivity index (χ0n) is 10.8. The van der Waals surface area contributed by atoms with Gasteiger partial charge in [-0.25, -0.2) is 13.4 Å². The zero-order chi connectivity index (χ0) is 15.0. The van der Waals surface area contributed by atoms with Crippen LogP contribution in [0.1, 0.15) is 10.4 Å². The third kappa shape index (κ3) is 2.77. The molecule has 3 rings (SSSR count). The number of amides is 1. The number of carbonyl (C=O) groups excluding carboxylic acids is 1. The first kappa shape index (κ1) is 14.0. The lowest BCUT2D eigenvalue weighted by atomic mass is 10.1. The van der Waals surface area contributed by atoms with Crippen molar-refractivity contribution in [1.29, 1.82) is 0 Å². The summed E-state index contributed by atoms with van der Waals surface area (Å²) in [6.45, 7) is 0. The number of aromatic nitrogens is 1. The number of pyridine rings is 1. The second-order valence-corrected chi connectivity index (χ2v) is 7.04. The lowest BCUT2D eigenvalue weighted by Gasteiger charge is -2.11. The molecule has 1 N–H and O–H groups in total. The second kappa shape index (κ2) is 5.13. The summed E-state index contributed by atoms with van der Waals surface area (Å²) in [5.74, 6) is -0.486. The summed E-state index contributed by atoms with van der Waals surface area (Å²) in [5.41, 5.74) is 0.368. The molecule has 1 atom stereocenters. The van der Waals surface area contributed by atoms with Gasteiger partial charge < -0.3 is 5.32 Å². The van der Waals surface area contributed by atoms with Crippen LogP contribution in [-0.2, 0) is 9.84 Å². The molecule has 0 fully saturated rings. The fourth-order valence-electron chi connectivity index (χ4n) is 2.25. The maximum Gasteiger partial charge on any atom is 0.253 e. The Labute approximate surface area is 126 Å². The molecule has 21 heavy (non-hydrogen) atoms. The summed E-state index contributed by atoms with van der Waals surface area (Å²) in [6, 6.07) is 6.65. The van der Waals surface area contributed by atoms with Gasteiger partial charge in [0, 0.05) is 17.0 Å². The van der Waals surface area contributed by atoms with Crippen molar-refractivity contribution in [2.24, 2.45) is 0 Å². The van der Waals surface area contributed by atoms with E-state index in [1.807, 2.05) is 6.07 Å². The van der Waals surface area contributed by atoms with Crippen molar-refractivity contribution in [3.05, 3.63) is 52.7 Å². The fourth-order valence-corrected chi connectivity index (χ4v) is 3.70. The number of nitrogens with zero attached hydrogens (tertiary/aromatic N) is 1. The molecule has 7 heteroatoms. The van der Waals surface area contributed by atoms with Gasteiger partial charge in [-0.3, -0.25) is 4.79 Å². The normalized spacial score (nSPS) is 19.8. The highest BCUT2D eigenvalue weighted by molar-refractivity contribution is 7.94. The molecule has 1 unspecified atom stereocenters. The highest BCUT2D eigenvalue weighted by Gasteiger charge is 2.24. The number of nitrogens with one attached hydrogen (secondary N) is 1. The molecule has 0 saturated carbocycles. The molecular formula is C14H11ClN2O3S. The zero-order valence-corrected chi connectivity index (χ0v) is 12.4. The number of rotatable bonds is 2. The van der Waals surface area contributed by atoms with Crippen LogP contribution in [0.3, 0.4) is 0 Å². The Balaban J connectivity index is 1.93. The molecule has 0 saturated heterocycles. The van der Waals surface area contributed by atoms with Gasteiger partial charge in [-0.2, -0.15) is 0 Å². The molecule has 1 aliphatic rings. The lowest BCUT2D eigenvalue weighted by Crippen LogP contribution is -2.35. The predicted molar refractivity (Wildman–Crippen MR) is 80.9 cm³/mol. The number of sulfone groups is 1. The maximum absolute atomic E-state index is 12.3. The van der Waals surface area contributed by atoms with Crippen molar-refractivity contribution in [2.45, 2.75) is 6.04 Å². The van der Waals surface area contributed by atoms with Crippen LogP contribution in [0.4, 0.5) is 0 Å². The Bertz CT molecular complexity index is 862. The number of benzene rings is 1. The molecule has 1 aromatic carbocycles. The van der Waals surface area contributed by atoms with E-state index < -0.39 is 15.9 Å². The van der Waals surface area contributed by atoms with Gasteiger partial charge in [-0.15, -0.1) is 0 Å². The summed E-state index contributed by atoms with van der Waals surface area (Å²) in [5, 5.41) is 5.48. The summed E-state index contributed by atoms with van der Waals surface area (Å²) in [6.07, 6.45) is 2.87. The van der Waals surface area contributed by atoms with Crippen LogP contribution in [0.25, 0.3) is 10.8 Å². The number of fused-ring (bicyclic) bond motifs is 1. The molecule has 2 heterocycles. The van der Waals surface area contributed by atoms with Crippen molar-refractivity contribution in [2.75, 3.05) is 5.75 Å². The molecule has 1 aliphatic heterocycles. The minimum atomic E-state index is -3.20. The second-order valence-electron chi connectivity index (χ2n) is 4.75. The minimum absolute atomic E-state index is 0.113. The number of halogens is 1. The first-order valence-electron chi connectivity index (χ1n) is 6.21. The van der Waals surface area contributed by atoms with Crippen LogP contribution in [0.15, 0.2) is 41.9 Å². The third-order valence-electron chi connectivity index (χ3n) is 3.24. The van der Waals surface area contributed by atoms with Crippen molar-refractivity contribution < 1.29 is 13.2 Å². The monoisotopic (exact) mass is 322 g/mol. The first-order valence-corrected chi connectivity index (χ1v) is 8.31. The van der Waals surface area contributed by atoms with E-state index in [1.54, 1.807) is 18.2 Å². The lowest BCUT2D eigenvalue weighted by molar-refractivity contribution is 0.0949. The Morgan fingerprint density at radius 2 is 2.00 bits per heavy atom. The van der Waals surface area contributed by atoms with Crippen LogP contribution >= 0.6 is 11.6 Å². The van der Waals surface area contributed by atoms with Crippen LogP contribution in [0.2, 0.25) is 5.15 Å². The molecule has 108 valence electrons. The van der Waals surface area contributed by atoms with E-state index >= 15 is 0 Å². The topological polar surface area (TPSA) is 76.1 Å². The Morgan fingerprint density at radius 1 is 1.29 bits per heavy atom. The molecule has 5 nitrogen and oxygen atoms in total. The Kier molecular flexibility index (Phi) is 3.43. The molecule has 0 spiro atoms. The number of hydrogen-bond acceptors (Lipinski definition) is 4. The average molecular weight is 323 g/mol. The molecule has 0 aliphatic carbocycles. The van der Waals surface area contributed by atoms with Crippen molar-refractivity contribution in [1.82, 2.24) is 10.3 Å². The van der Waals surface area contributed by atoms with Crippen LogP contribution in [0.5, 0.6) is 0 Å². The highest BCUT2D eigenvalue weighted by atomic mass is 35.5.